The van der Waals surface area contributed by atoms with Crippen molar-refractivity contribution in [2.24, 2.45) is 0 Å². The SMILES string of the molecule is N#Cc1ccc(-c2ccc3c(c2)c2cc(-c4ccc(C#N)cc4)ccc2n3-c2cccc3c2C(=O)N(c2ccccc2-c2ccccc2)C3=O)cc1. The summed E-state index contributed by atoms with van der Waals surface area (Å²) in [6.07, 6.45) is 0. The minimum atomic E-state index is -0.377. The number of anilines is 1. The monoisotopic (exact) mass is 666 g/mol. The molecule has 52 heavy (non-hydrogen) atoms. The number of benzene rings is 7. The summed E-state index contributed by atoms with van der Waals surface area (Å²) in [5, 5.41) is 20.6. The molecule has 0 bridgehead atoms. The predicted molar refractivity (Wildman–Crippen MR) is 204 cm³/mol. The lowest BCUT2D eigenvalue weighted by Crippen LogP contribution is -2.30. The first-order chi connectivity index (χ1) is 25.5. The maximum Gasteiger partial charge on any atom is 0.268 e. The van der Waals surface area contributed by atoms with Gasteiger partial charge in [-0.1, -0.05) is 91.0 Å². The molecule has 1 aromatic heterocycles. The molecular weight excluding hydrogens is 641 g/mol. The standard InChI is InChI=1S/C46H26N4O2/c47-27-29-13-17-31(18-14-29)34-21-23-41-38(25-34)39-26-35(32-19-15-30(28-48)16-20-32)22-24-42(39)49(41)43-12-6-10-37-44(43)46(52)50(45(37)51)40-11-5-4-9-36(40)33-7-2-1-3-8-33/h1-26H. The Morgan fingerprint density at radius 2 is 0.923 bits per heavy atom. The molecule has 2 heterocycles. The van der Waals surface area contributed by atoms with Crippen molar-refractivity contribution < 1.29 is 9.59 Å². The van der Waals surface area contributed by atoms with Crippen LogP contribution in [-0.2, 0) is 0 Å². The largest absolute Gasteiger partial charge is 0.308 e. The highest BCUT2D eigenvalue weighted by Gasteiger charge is 2.40. The smallest absolute Gasteiger partial charge is 0.268 e. The predicted octanol–water partition coefficient (Wildman–Crippen LogP) is 10.3. The third-order valence-corrected chi connectivity index (χ3v) is 9.82. The second kappa shape index (κ2) is 12.1. The van der Waals surface area contributed by atoms with Crippen molar-refractivity contribution in [3.8, 4) is 51.2 Å². The highest BCUT2D eigenvalue weighted by molar-refractivity contribution is 6.36. The van der Waals surface area contributed by atoms with Crippen LogP contribution < -0.4 is 4.90 Å². The number of hydrogen-bond donors (Lipinski definition) is 0. The van der Waals surface area contributed by atoms with Gasteiger partial charge in [-0.3, -0.25) is 9.59 Å². The molecule has 9 rings (SSSR count). The average molecular weight is 667 g/mol. The summed E-state index contributed by atoms with van der Waals surface area (Å²) in [5.74, 6) is -0.741. The number of para-hydroxylation sites is 1. The first kappa shape index (κ1) is 30.5. The summed E-state index contributed by atoms with van der Waals surface area (Å²) >= 11 is 0. The first-order valence-corrected chi connectivity index (χ1v) is 16.8. The summed E-state index contributed by atoms with van der Waals surface area (Å²) in [5.41, 5.74) is 10.4. The molecule has 0 unspecified atom stereocenters. The third-order valence-electron chi connectivity index (χ3n) is 9.82. The van der Waals surface area contributed by atoms with Crippen molar-refractivity contribution in [2.75, 3.05) is 4.90 Å². The number of amides is 2. The highest BCUT2D eigenvalue weighted by atomic mass is 16.2. The quantitative estimate of drug-likeness (QED) is 0.171. The Morgan fingerprint density at radius 1 is 0.423 bits per heavy atom. The average Bonchev–Trinajstić information content (AvgIpc) is 3.67. The van der Waals surface area contributed by atoms with Crippen LogP contribution in [0.4, 0.5) is 5.69 Å². The third kappa shape index (κ3) is 4.79. The summed E-state index contributed by atoms with van der Waals surface area (Å²) in [4.78, 5) is 30.1. The maximum atomic E-state index is 14.6. The molecular formula is C46H26N4O2. The van der Waals surface area contributed by atoms with E-state index in [1.54, 1.807) is 6.07 Å². The molecule has 1 aliphatic rings. The van der Waals surface area contributed by atoms with Gasteiger partial charge in [-0.25, -0.2) is 4.90 Å². The van der Waals surface area contributed by atoms with E-state index in [0.717, 1.165) is 55.2 Å². The van der Waals surface area contributed by atoms with Crippen molar-refractivity contribution in [1.82, 2.24) is 4.57 Å². The molecule has 0 N–H and O–H groups in total. The number of hydrogen-bond acceptors (Lipinski definition) is 4. The van der Waals surface area contributed by atoms with Crippen LogP contribution in [0.3, 0.4) is 0 Å². The van der Waals surface area contributed by atoms with Crippen LogP contribution in [0, 0.1) is 22.7 Å². The van der Waals surface area contributed by atoms with Crippen LogP contribution in [-0.4, -0.2) is 16.4 Å². The molecule has 0 radical (unpaired) electrons. The lowest BCUT2D eigenvalue weighted by Gasteiger charge is -2.18. The summed E-state index contributed by atoms with van der Waals surface area (Å²) in [7, 11) is 0. The number of nitriles is 2. The van der Waals surface area contributed by atoms with Crippen molar-refractivity contribution in [2.45, 2.75) is 0 Å². The van der Waals surface area contributed by atoms with Gasteiger partial charge in [0.1, 0.15) is 0 Å². The Labute approximate surface area is 299 Å². The van der Waals surface area contributed by atoms with Gasteiger partial charge in [-0.15, -0.1) is 0 Å². The van der Waals surface area contributed by atoms with E-state index in [9.17, 15) is 20.1 Å². The maximum absolute atomic E-state index is 14.6. The lowest BCUT2D eigenvalue weighted by atomic mass is 9.99. The van der Waals surface area contributed by atoms with E-state index in [0.29, 0.717) is 33.6 Å². The summed E-state index contributed by atoms with van der Waals surface area (Å²) in [6, 6.07) is 54.5. The zero-order valence-corrected chi connectivity index (χ0v) is 27.6. The first-order valence-electron chi connectivity index (χ1n) is 16.8. The lowest BCUT2D eigenvalue weighted by molar-refractivity contribution is 0.0926. The molecule has 0 saturated carbocycles. The second-order valence-corrected chi connectivity index (χ2v) is 12.7. The van der Waals surface area contributed by atoms with Gasteiger partial charge in [0, 0.05) is 16.3 Å². The van der Waals surface area contributed by atoms with Crippen molar-refractivity contribution in [3.63, 3.8) is 0 Å². The van der Waals surface area contributed by atoms with Gasteiger partial charge >= 0.3 is 0 Å². The van der Waals surface area contributed by atoms with Gasteiger partial charge < -0.3 is 4.57 Å². The molecule has 242 valence electrons. The van der Waals surface area contributed by atoms with Gasteiger partial charge in [0.25, 0.3) is 11.8 Å². The minimum Gasteiger partial charge on any atom is -0.308 e. The Morgan fingerprint density at radius 3 is 1.50 bits per heavy atom. The number of carbonyl (C=O) groups excluding carboxylic acids is 2. The molecule has 8 aromatic rings. The molecule has 0 fully saturated rings. The van der Waals surface area contributed by atoms with Crippen molar-refractivity contribution >= 4 is 39.3 Å². The second-order valence-electron chi connectivity index (χ2n) is 12.7. The van der Waals surface area contributed by atoms with E-state index in [1.807, 2.05) is 140 Å². The van der Waals surface area contributed by atoms with Gasteiger partial charge in [-0.05, 0) is 94.5 Å². The fraction of sp³-hybridized carbons (Fsp3) is 0. The molecule has 6 heteroatoms. The number of fused-ring (bicyclic) bond motifs is 4. The van der Waals surface area contributed by atoms with Gasteiger partial charge in [0.15, 0.2) is 0 Å². The molecule has 0 saturated heterocycles. The molecule has 7 aromatic carbocycles. The highest BCUT2D eigenvalue weighted by Crippen LogP contribution is 2.42. The number of rotatable bonds is 5. The topological polar surface area (TPSA) is 89.9 Å². The van der Waals surface area contributed by atoms with Crippen molar-refractivity contribution in [3.05, 3.63) is 180 Å². The molecule has 6 nitrogen and oxygen atoms in total. The fourth-order valence-corrected chi connectivity index (χ4v) is 7.32. The van der Waals surface area contributed by atoms with Gasteiger partial charge in [-0.2, -0.15) is 10.5 Å². The summed E-state index contributed by atoms with van der Waals surface area (Å²) < 4.78 is 2.08. The Kier molecular flexibility index (Phi) is 7.10. The molecule has 0 atom stereocenters. The van der Waals surface area contributed by atoms with Crippen LogP contribution in [0.1, 0.15) is 31.8 Å². The fourth-order valence-electron chi connectivity index (χ4n) is 7.32. The number of carbonyl (C=O) groups is 2. The zero-order valence-electron chi connectivity index (χ0n) is 27.6. The van der Waals surface area contributed by atoms with Crippen LogP contribution in [0.5, 0.6) is 0 Å². The van der Waals surface area contributed by atoms with Crippen LogP contribution in [0.2, 0.25) is 0 Å². The van der Waals surface area contributed by atoms with E-state index in [1.165, 1.54) is 4.90 Å². The van der Waals surface area contributed by atoms with E-state index >= 15 is 0 Å². The van der Waals surface area contributed by atoms with Gasteiger partial charge in [0.2, 0.25) is 0 Å². The molecule has 1 aliphatic heterocycles. The Bertz CT molecular complexity index is 2720. The zero-order chi connectivity index (χ0) is 35.3. The Balaban J connectivity index is 1.25. The van der Waals surface area contributed by atoms with Crippen LogP contribution >= 0.6 is 0 Å². The number of nitrogens with zero attached hydrogens (tertiary/aromatic N) is 4. The number of aromatic nitrogens is 1. The number of imide groups is 1. The minimum absolute atomic E-state index is 0.349. The van der Waals surface area contributed by atoms with Crippen LogP contribution in [0.15, 0.2) is 158 Å². The molecule has 0 aliphatic carbocycles. The summed E-state index contributed by atoms with van der Waals surface area (Å²) in [6.45, 7) is 0. The van der Waals surface area contributed by atoms with Gasteiger partial charge in [0.05, 0.1) is 56.8 Å². The molecule has 2 amide bonds. The van der Waals surface area contributed by atoms with E-state index in [-0.39, 0.29) is 11.8 Å². The molecule has 0 spiro atoms. The van der Waals surface area contributed by atoms with E-state index in [2.05, 4.69) is 28.8 Å². The van der Waals surface area contributed by atoms with E-state index < -0.39 is 0 Å². The van der Waals surface area contributed by atoms with Crippen LogP contribution in [0.25, 0.3) is 60.9 Å². The normalized spacial score (nSPS) is 12.2. The van der Waals surface area contributed by atoms with E-state index in [4.69, 9.17) is 0 Å². The van der Waals surface area contributed by atoms with Crippen molar-refractivity contribution in [1.29, 1.82) is 10.5 Å². The Hall–Kier alpha value is -7.54.